The molecule has 0 fully saturated rings. The van der Waals surface area contributed by atoms with Crippen LogP contribution in [0.5, 0.6) is 0 Å². The van der Waals surface area contributed by atoms with Crippen molar-refractivity contribution in [2.75, 3.05) is 0 Å². The van der Waals surface area contributed by atoms with E-state index in [-0.39, 0.29) is 0 Å². The second kappa shape index (κ2) is 4.08. The number of hydrogen-bond donors (Lipinski definition) is 0. The Balaban J connectivity index is 2.23. The molecule has 0 unspecified atom stereocenters. The van der Waals surface area contributed by atoms with Crippen LogP contribution in [0.1, 0.15) is 17.5 Å². The highest BCUT2D eigenvalue weighted by molar-refractivity contribution is 6.27. The van der Waals surface area contributed by atoms with Gasteiger partial charge in [0, 0.05) is 0 Å². The lowest BCUT2D eigenvalue weighted by Gasteiger charge is -2.13. The van der Waals surface area contributed by atoms with Crippen molar-refractivity contribution in [3.8, 4) is 0 Å². The Morgan fingerprint density at radius 2 is 0.952 bits per heavy atom. The van der Waals surface area contributed by atoms with E-state index in [1.807, 2.05) is 0 Å². The van der Waals surface area contributed by atoms with Gasteiger partial charge in [-0.25, -0.2) is 0 Å². The molecule has 0 N–H and O–H groups in total. The molecule has 0 saturated heterocycles. The van der Waals surface area contributed by atoms with Crippen LogP contribution in [0.2, 0.25) is 0 Å². The van der Waals surface area contributed by atoms with Gasteiger partial charge in [-0.15, -0.1) is 0 Å². The molecule has 1 aliphatic rings. The van der Waals surface area contributed by atoms with Gasteiger partial charge >= 0.3 is 0 Å². The van der Waals surface area contributed by atoms with Gasteiger partial charge in [0.05, 0.1) is 0 Å². The lowest BCUT2D eigenvalue weighted by Crippen LogP contribution is -1.88. The summed E-state index contributed by atoms with van der Waals surface area (Å²) in [7, 11) is 0. The topological polar surface area (TPSA) is 0 Å². The number of benzene rings is 4. The van der Waals surface area contributed by atoms with Crippen LogP contribution in [-0.2, 0) is 12.8 Å². The van der Waals surface area contributed by atoms with Crippen LogP contribution in [0.3, 0.4) is 0 Å². The van der Waals surface area contributed by atoms with Crippen molar-refractivity contribution < 1.29 is 0 Å². The largest absolute Gasteiger partial charge is 0.0616 e. The second-order valence-electron chi connectivity index (χ2n) is 6.08. The van der Waals surface area contributed by atoms with E-state index >= 15 is 0 Å². The minimum Gasteiger partial charge on any atom is -0.0616 e. The smallest absolute Gasteiger partial charge is 0.00641 e. The molecule has 21 heavy (non-hydrogen) atoms. The molecule has 100 valence electrons. The molecule has 0 saturated carbocycles. The molecule has 0 nitrogen and oxygen atoms in total. The molecule has 0 aromatic heterocycles. The minimum absolute atomic E-state index is 1.19. The first-order valence-corrected chi connectivity index (χ1v) is 7.77. The average Bonchev–Trinajstić information content (AvgIpc) is 2.74. The minimum atomic E-state index is 1.19. The summed E-state index contributed by atoms with van der Waals surface area (Å²) in [6, 6.07) is 22.5. The molecule has 1 aliphatic carbocycles. The molecular weight excluding hydrogens is 252 g/mol. The molecule has 0 heterocycles. The second-order valence-corrected chi connectivity index (χ2v) is 6.08. The standard InChI is InChI=1S/C21H16/c1-2-11-17-16(10-1)18-12-4-8-14-6-3-7-15-9-5-13-19(17)21(15)20(14)18/h1-2,4-5,8-13H,3,6-7H2. The summed E-state index contributed by atoms with van der Waals surface area (Å²) in [5, 5.41) is 8.62. The van der Waals surface area contributed by atoms with E-state index in [2.05, 4.69) is 60.7 Å². The summed E-state index contributed by atoms with van der Waals surface area (Å²) in [4.78, 5) is 0. The maximum absolute atomic E-state index is 2.32. The van der Waals surface area contributed by atoms with Crippen molar-refractivity contribution in [1.29, 1.82) is 0 Å². The third-order valence-electron chi connectivity index (χ3n) is 4.95. The SMILES string of the molecule is c1ccc2c(c1)c1cccc3c1c1c(cccc21)CCC3. The van der Waals surface area contributed by atoms with Crippen molar-refractivity contribution in [2.45, 2.75) is 19.3 Å². The number of hydrogen-bond acceptors (Lipinski definition) is 0. The maximum atomic E-state index is 2.32. The van der Waals surface area contributed by atoms with E-state index < -0.39 is 0 Å². The van der Waals surface area contributed by atoms with Gasteiger partial charge in [-0.2, -0.15) is 0 Å². The summed E-state index contributed by atoms with van der Waals surface area (Å²) in [5.74, 6) is 0. The maximum Gasteiger partial charge on any atom is -0.00641 e. The molecule has 0 heteroatoms. The summed E-state index contributed by atoms with van der Waals surface area (Å²) in [6.45, 7) is 0. The molecule has 0 radical (unpaired) electrons. The summed E-state index contributed by atoms with van der Waals surface area (Å²) >= 11 is 0. The van der Waals surface area contributed by atoms with Gasteiger partial charge in [-0.1, -0.05) is 60.7 Å². The van der Waals surface area contributed by atoms with Crippen molar-refractivity contribution in [3.05, 3.63) is 71.8 Å². The monoisotopic (exact) mass is 268 g/mol. The highest BCUT2D eigenvalue weighted by atomic mass is 14.2. The van der Waals surface area contributed by atoms with Gasteiger partial charge in [-0.05, 0) is 62.7 Å². The zero-order chi connectivity index (χ0) is 13.8. The zero-order valence-electron chi connectivity index (χ0n) is 11.9. The van der Waals surface area contributed by atoms with Crippen LogP contribution in [0.15, 0.2) is 60.7 Å². The van der Waals surface area contributed by atoms with E-state index in [0.29, 0.717) is 0 Å². The predicted molar refractivity (Wildman–Crippen MR) is 91.0 cm³/mol. The fourth-order valence-corrected chi connectivity index (χ4v) is 4.08. The molecular formula is C21H16. The van der Waals surface area contributed by atoms with Gasteiger partial charge in [-0.3, -0.25) is 0 Å². The van der Waals surface area contributed by atoms with Gasteiger partial charge < -0.3 is 0 Å². The Labute approximate surface area is 124 Å². The van der Waals surface area contributed by atoms with Crippen LogP contribution in [0.4, 0.5) is 0 Å². The van der Waals surface area contributed by atoms with E-state index in [1.165, 1.54) is 62.7 Å². The van der Waals surface area contributed by atoms with Gasteiger partial charge in [0.2, 0.25) is 0 Å². The van der Waals surface area contributed by atoms with Crippen molar-refractivity contribution >= 4 is 32.3 Å². The zero-order valence-corrected chi connectivity index (χ0v) is 11.9. The van der Waals surface area contributed by atoms with Crippen molar-refractivity contribution in [3.63, 3.8) is 0 Å². The normalized spacial score (nSPS) is 14.1. The molecule has 0 atom stereocenters. The first-order chi connectivity index (χ1) is 10.4. The first-order valence-electron chi connectivity index (χ1n) is 7.77. The Kier molecular flexibility index (Phi) is 2.20. The number of fused-ring (bicyclic) bond motifs is 3. The van der Waals surface area contributed by atoms with E-state index in [4.69, 9.17) is 0 Å². The highest BCUT2D eigenvalue weighted by Crippen LogP contribution is 2.40. The fraction of sp³-hybridized carbons (Fsp3) is 0.143. The molecule has 0 spiro atoms. The summed E-state index contributed by atoms with van der Waals surface area (Å²) in [5.41, 5.74) is 3.04. The number of aryl methyl sites for hydroxylation is 2. The molecule has 0 aliphatic heterocycles. The third kappa shape index (κ3) is 1.45. The van der Waals surface area contributed by atoms with Gasteiger partial charge in [0.25, 0.3) is 0 Å². The summed E-state index contributed by atoms with van der Waals surface area (Å²) in [6.07, 6.45) is 3.64. The Morgan fingerprint density at radius 1 is 0.476 bits per heavy atom. The Hall–Kier alpha value is -2.34. The van der Waals surface area contributed by atoms with E-state index in [9.17, 15) is 0 Å². The lowest BCUT2D eigenvalue weighted by atomic mass is 9.90. The van der Waals surface area contributed by atoms with E-state index in [0.717, 1.165) is 0 Å². The van der Waals surface area contributed by atoms with Gasteiger partial charge in [0.15, 0.2) is 0 Å². The average molecular weight is 268 g/mol. The van der Waals surface area contributed by atoms with E-state index in [1.54, 1.807) is 0 Å². The van der Waals surface area contributed by atoms with Crippen molar-refractivity contribution in [1.82, 2.24) is 0 Å². The molecule has 0 amide bonds. The fourth-order valence-electron chi connectivity index (χ4n) is 4.08. The molecule has 5 rings (SSSR count). The first kappa shape index (κ1) is 11.3. The van der Waals surface area contributed by atoms with Crippen LogP contribution in [0, 0.1) is 0 Å². The molecule has 4 aromatic rings. The summed E-state index contributed by atoms with van der Waals surface area (Å²) < 4.78 is 0. The Bertz CT molecular complexity index is 926. The highest BCUT2D eigenvalue weighted by Gasteiger charge is 2.16. The number of rotatable bonds is 0. The third-order valence-corrected chi connectivity index (χ3v) is 4.95. The van der Waals surface area contributed by atoms with Crippen LogP contribution in [0.25, 0.3) is 32.3 Å². The predicted octanol–water partition coefficient (Wildman–Crippen LogP) is 5.63. The Morgan fingerprint density at radius 3 is 1.48 bits per heavy atom. The molecule has 0 bridgehead atoms. The molecule has 4 aromatic carbocycles. The lowest BCUT2D eigenvalue weighted by molar-refractivity contribution is 0.836. The quantitative estimate of drug-likeness (QED) is 0.362. The van der Waals surface area contributed by atoms with Crippen LogP contribution in [-0.4, -0.2) is 0 Å². The van der Waals surface area contributed by atoms with Crippen molar-refractivity contribution in [2.24, 2.45) is 0 Å². The van der Waals surface area contributed by atoms with Gasteiger partial charge in [0.1, 0.15) is 0 Å². The van der Waals surface area contributed by atoms with Crippen LogP contribution >= 0.6 is 0 Å². The van der Waals surface area contributed by atoms with Crippen LogP contribution < -0.4 is 0 Å².